The van der Waals surface area contributed by atoms with Crippen molar-refractivity contribution in [2.75, 3.05) is 19.4 Å². The minimum absolute atomic E-state index is 0.213. The van der Waals surface area contributed by atoms with E-state index < -0.39 is 22.3 Å². The van der Waals surface area contributed by atoms with Gasteiger partial charge < -0.3 is 9.84 Å². The van der Waals surface area contributed by atoms with Gasteiger partial charge in [-0.2, -0.15) is 0 Å². The topological polar surface area (TPSA) is 63.6 Å². The highest BCUT2D eigenvalue weighted by atomic mass is 79.9. The molecule has 0 spiro atoms. The van der Waals surface area contributed by atoms with Gasteiger partial charge in [-0.25, -0.2) is 8.42 Å². The van der Waals surface area contributed by atoms with Crippen LogP contribution in [0.25, 0.3) is 0 Å². The third-order valence-corrected chi connectivity index (χ3v) is 5.00. The zero-order valence-corrected chi connectivity index (χ0v) is 12.5. The zero-order valence-electron chi connectivity index (χ0n) is 13.1. The summed E-state index contributed by atoms with van der Waals surface area (Å²) in [5, 5.41) is 9.22. The molecule has 0 saturated heterocycles. The number of aliphatic hydroxyl groups is 1. The van der Waals surface area contributed by atoms with Gasteiger partial charge in [0.1, 0.15) is 10.6 Å². The summed E-state index contributed by atoms with van der Waals surface area (Å²) in [6.45, 7) is 2.90. The van der Waals surface area contributed by atoms with E-state index in [0.717, 1.165) is 0 Å². The summed E-state index contributed by atoms with van der Waals surface area (Å²) in [6, 6.07) is 4.08. The van der Waals surface area contributed by atoms with Crippen LogP contribution in [0.2, 0.25) is 0 Å². The average Bonchev–Trinajstić information content (AvgIpc) is 2.28. The van der Waals surface area contributed by atoms with Crippen LogP contribution in [0.4, 0.5) is 0 Å². The van der Waals surface area contributed by atoms with Crippen molar-refractivity contribution in [3.8, 4) is 5.75 Å². The van der Waals surface area contributed by atoms with Gasteiger partial charge in [-0.1, -0.05) is 29.8 Å². The Morgan fingerprint density at radius 3 is 2.72 bits per heavy atom. The Morgan fingerprint density at radius 1 is 1.50 bits per heavy atom. The van der Waals surface area contributed by atoms with Crippen molar-refractivity contribution in [3.63, 3.8) is 0 Å². The molecule has 1 N–H and O–H groups in total. The van der Waals surface area contributed by atoms with Crippen LogP contribution in [0.5, 0.6) is 5.75 Å². The third kappa shape index (κ3) is 3.70. The number of halogens is 1. The molecule has 0 heterocycles. The fourth-order valence-electron chi connectivity index (χ4n) is 1.45. The van der Waals surface area contributed by atoms with E-state index >= 15 is 0 Å². The highest BCUT2D eigenvalue weighted by Gasteiger charge is 2.29. The summed E-state index contributed by atoms with van der Waals surface area (Å²) in [6.07, 6.45) is 0. The summed E-state index contributed by atoms with van der Waals surface area (Å²) < 4.78 is 51.5. The second-order valence-electron chi connectivity index (χ2n) is 4.77. The highest BCUT2D eigenvalue weighted by Crippen LogP contribution is 2.31. The first-order valence-corrected chi connectivity index (χ1v) is 7.63. The summed E-state index contributed by atoms with van der Waals surface area (Å²) in [7, 11) is -6.57. The quantitative estimate of drug-likeness (QED) is 0.893. The van der Waals surface area contributed by atoms with Gasteiger partial charge in [-0.05, 0) is 18.2 Å². The summed E-state index contributed by atoms with van der Waals surface area (Å²) in [4.78, 5) is -0.213. The van der Waals surface area contributed by atoms with Crippen LogP contribution in [-0.4, -0.2) is 32.9 Å². The van der Waals surface area contributed by atoms with Crippen LogP contribution < -0.4 is 4.74 Å². The van der Waals surface area contributed by atoms with Crippen molar-refractivity contribution in [3.05, 3.63) is 22.7 Å². The van der Waals surface area contributed by atoms with Crippen molar-refractivity contribution < 1.29 is 22.4 Å². The van der Waals surface area contributed by atoms with E-state index in [4.69, 9.17) is 8.85 Å². The van der Waals surface area contributed by atoms with E-state index in [1.165, 1.54) is 18.2 Å². The molecule has 0 amide bonds. The summed E-state index contributed by atoms with van der Waals surface area (Å²) in [5.41, 5.74) is -0.849. The van der Waals surface area contributed by atoms with Crippen molar-refractivity contribution in [2.24, 2.45) is 5.41 Å². The number of aliphatic hydroxyl groups excluding tert-OH is 1. The Morgan fingerprint density at radius 2 is 2.17 bits per heavy atom. The van der Waals surface area contributed by atoms with E-state index in [2.05, 4.69) is 15.9 Å². The Bertz CT molecular complexity index is 611. The first-order chi connectivity index (χ1) is 9.36. The first-order valence-electron chi connectivity index (χ1n) is 6.68. The van der Waals surface area contributed by atoms with E-state index in [0.29, 0.717) is 4.47 Å². The molecule has 1 aromatic carbocycles. The maximum atomic E-state index is 12.5. The van der Waals surface area contributed by atoms with Gasteiger partial charge in [-0.15, -0.1) is 0 Å². The van der Waals surface area contributed by atoms with Crippen LogP contribution in [0.1, 0.15) is 18.0 Å². The molecule has 0 fully saturated rings. The normalized spacial score (nSPS) is 15.7. The maximum absolute atomic E-state index is 12.5. The standard InChI is InChI=1S/C12H17BrO4S/c1-12(2,7-14)8-18(15,16)11-6-9(13)4-5-10(11)17-3/h4-6,14H,7-8H2,1-3H3/i3D3. The van der Waals surface area contributed by atoms with Crippen LogP contribution in [-0.2, 0) is 9.84 Å². The van der Waals surface area contributed by atoms with Crippen LogP contribution in [0.15, 0.2) is 27.6 Å². The number of hydrogen-bond donors (Lipinski definition) is 1. The van der Waals surface area contributed by atoms with E-state index in [1.54, 1.807) is 13.8 Å². The Balaban J connectivity index is 3.31. The molecule has 0 atom stereocenters. The molecule has 18 heavy (non-hydrogen) atoms. The highest BCUT2D eigenvalue weighted by molar-refractivity contribution is 9.10. The van der Waals surface area contributed by atoms with Crippen LogP contribution >= 0.6 is 15.9 Å². The molecule has 0 aliphatic rings. The number of ether oxygens (including phenoxy) is 1. The van der Waals surface area contributed by atoms with Gasteiger partial charge in [0, 0.05) is 16.5 Å². The van der Waals surface area contributed by atoms with Crippen molar-refractivity contribution in [1.82, 2.24) is 0 Å². The monoisotopic (exact) mass is 339 g/mol. The zero-order chi connectivity index (χ0) is 16.5. The lowest BCUT2D eigenvalue weighted by molar-refractivity contribution is 0.178. The number of rotatable bonds is 5. The molecule has 0 unspecified atom stereocenters. The maximum Gasteiger partial charge on any atom is 0.182 e. The lowest BCUT2D eigenvalue weighted by Gasteiger charge is -2.21. The van der Waals surface area contributed by atoms with Crippen molar-refractivity contribution >= 4 is 25.8 Å². The summed E-state index contributed by atoms with van der Waals surface area (Å²) in [5.74, 6) is -0.559. The van der Waals surface area contributed by atoms with E-state index in [1.807, 2.05) is 0 Å². The minimum Gasteiger partial charge on any atom is -0.495 e. The molecule has 0 aliphatic heterocycles. The largest absolute Gasteiger partial charge is 0.495 e. The minimum atomic E-state index is -3.82. The van der Waals surface area contributed by atoms with Gasteiger partial charge >= 0.3 is 0 Å². The van der Waals surface area contributed by atoms with Crippen molar-refractivity contribution in [2.45, 2.75) is 18.7 Å². The number of sulfone groups is 1. The van der Waals surface area contributed by atoms with Gasteiger partial charge in [0.2, 0.25) is 0 Å². The average molecular weight is 340 g/mol. The molecule has 6 heteroatoms. The van der Waals surface area contributed by atoms with Crippen molar-refractivity contribution in [1.29, 1.82) is 0 Å². The van der Waals surface area contributed by atoms with Gasteiger partial charge in [0.15, 0.2) is 9.84 Å². The smallest absolute Gasteiger partial charge is 0.182 e. The molecule has 0 aromatic heterocycles. The first kappa shape index (κ1) is 11.3. The summed E-state index contributed by atoms with van der Waals surface area (Å²) >= 11 is 3.16. The lowest BCUT2D eigenvalue weighted by Crippen LogP contribution is -2.27. The van der Waals surface area contributed by atoms with E-state index in [-0.39, 0.29) is 23.0 Å². The van der Waals surface area contributed by atoms with Gasteiger partial charge in [0.25, 0.3) is 0 Å². The molecule has 0 saturated carbocycles. The molecule has 1 aromatic rings. The number of hydrogen-bond acceptors (Lipinski definition) is 4. The Kier molecular flexibility index (Phi) is 3.49. The Hall–Kier alpha value is -0.590. The van der Waals surface area contributed by atoms with E-state index in [9.17, 15) is 13.5 Å². The lowest BCUT2D eigenvalue weighted by atomic mass is 9.98. The fraction of sp³-hybridized carbons (Fsp3) is 0.500. The van der Waals surface area contributed by atoms with Gasteiger partial charge in [-0.3, -0.25) is 0 Å². The predicted octanol–water partition coefficient (Wildman–Crippen LogP) is 2.25. The third-order valence-electron chi connectivity index (χ3n) is 2.36. The molecule has 4 nitrogen and oxygen atoms in total. The fourth-order valence-corrected chi connectivity index (χ4v) is 3.96. The molecule has 102 valence electrons. The molecule has 1 rings (SSSR count). The van der Waals surface area contributed by atoms with Crippen LogP contribution in [0, 0.1) is 5.41 Å². The Labute approximate surface area is 120 Å². The second kappa shape index (κ2) is 5.59. The SMILES string of the molecule is [2H]C([2H])([2H])Oc1ccc(Br)cc1S(=O)(=O)CC(C)(C)CO. The van der Waals surface area contributed by atoms with Crippen LogP contribution in [0.3, 0.4) is 0 Å². The second-order valence-corrected chi connectivity index (χ2v) is 7.65. The van der Waals surface area contributed by atoms with Gasteiger partial charge in [0.05, 0.1) is 16.9 Å². The number of methoxy groups -OCH3 is 1. The molecular weight excluding hydrogens is 320 g/mol. The molecular formula is C12H17BrO4S. The molecule has 0 aliphatic carbocycles. The molecule has 0 radical (unpaired) electrons. The molecule has 0 bridgehead atoms. The predicted molar refractivity (Wildman–Crippen MR) is 73.6 cm³/mol. The number of benzene rings is 1.